The minimum absolute atomic E-state index is 0.796. The fourth-order valence-corrected chi connectivity index (χ4v) is 0.186. The normalized spacial score (nSPS) is 11.3. The Bertz CT molecular complexity index is 64.1. The molecule has 0 rings (SSSR count). The van der Waals surface area contributed by atoms with Crippen molar-refractivity contribution in [2.75, 3.05) is 0 Å². The van der Waals surface area contributed by atoms with Crippen LogP contribution < -0.4 is 0 Å². The molecule has 6 heavy (non-hydrogen) atoms. The summed E-state index contributed by atoms with van der Waals surface area (Å²) >= 11 is 0. The number of hydrogen-bond acceptors (Lipinski definition) is 0. The van der Waals surface area contributed by atoms with Crippen LogP contribution in [0.25, 0.3) is 0 Å². The van der Waals surface area contributed by atoms with Crippen molar-refractivity contribution in [1.82, 2.24) is 0 Å². The van der Waals surface area contributed by atoms with Crippen LogP contribution >= 0.6 is 0 Å². The summed E-state index contributed by atoms with van der Waals surface area (Å²) in [6.45, 7) is 10.5. The third-order valence-corrected chi connectivity index (χ3v) is 0.381. The van der Waals surface area contributed by atoms with Gasteiger partial charge in [-0.1, -0.05) is 24.3 Å². The summed E-state index contributed by atoms with van der Waals surface area (Å²) in [7, 11) is 0. The van der Waals surface area contributed by atoms with Gasteiger partial charge in [0.1, 0.15) is 0 Å². The van der Waals surface area contributed by atoms with E-state index in [1.165, 1.54) is 0 Å². The minimum Gasteiger partial charge on any atom is -0.0991 e. The van der Waals surface area contributed by atoms with E-state index in [1.807, 2.05) is 6.92 Å². The SMILES string of the molecule is [CH]/C(C)=C\C=C. The molecule has 0 bridgehead atoms. The number of hydrogen-bond donors (Lipinski definition) is 0. The highest BCUT2D eigenvalue weighted by Crippen LogP contribution is 1.84. The highest BCUT2D eigenvalue weighted by atomic mass is 13.7. The second-order valence-corrected chi connectivity index (χ2v) is 1.15. The Morgan fingerprint density at radius 1 is 1.83 bits per heavy atom. The van der Waals surface area contributed by atoms with E-state index >= 15 is 0 Å². The zero-order chi connectivity index (χ0) is 4.99. The van der Waals surface area contributed by atoms with E-state index in [9.17, 15) is 0 Å². The molecule has 0 aliphatic carbocycles. The van der Waals surface area contributed by atoms with Crippen molar-refractivity contribution in [2.24, 2.45) is 0 Å². The van der Waals surface area contributed by atoms with E-state index in [-0.39, 0.29) is 0 Å². The summed E-state index contributed by atoms with van der Waals surface area (Å²) in [5, 5.41) is 0. The maximum absolute atomic E-state index is 5.19. The van der Waals surface area contributed by atoms with Gasteiger partial charge in [-0.25, -0.2) is 0 Å². The zero-order valence-electron chi connectivity index (χ0n) is 3.94. The molecular weight excluding hydrogens is 72.1 g/mol. The first kappa shape index (κ1) is 5.48. The monoisotopic (exact) mass is 80.1 g/mol. The Morgan fingerprint density at radius 3 is 2.33 bits per heavy atom. The van der Waals surface area contributed by atoms with E-state index in [1.54, 1.807) is 12.2 Å². The van der Waals surface area contributed by atoms with Crippen molar-refractivity contribution in [3.8, 4) is 0 Å². The molecule has 0 aromatic carbocycles. The highest BCUT2D eigenvalue weighted by Gasteiger charge is 1.64. The van der Waals surface area contributed by atoms with E-state index in [4.69, 9.17) is 6.92 Å². The van der Waals surface area contributed by atoms with Crippen LogP contribution in [0.2, 0.25) is 0 Å². The first-order valence-electron chi connectivity index (χ1n) is 1.82. The Kier molecular flexibility index (Phi) is 2.47. The fraction of sp³-hybridized carbons (Fsp3) is 0.167. The molecule has 0 unspecified atom stereocenters. The van der Waals surface area contributed by atoms with Gasteiger partial charge < -0.3 is 0 Å². The third-order valence-electron chi connectivity index (χ3n) is 0.381. The zero-order valence-corrected chi connectivity index (χ0v) is 3.94. The smallest absolute Gasteiger partial charge is 0.00596 e. The van der Waals surface area contributed by atoms with Gasteiger partial charge in [-0.2, -0.15) is 0 Å². The van der Waals surface area contributed by atoms with Crippen LogP contribution in [-0.4, -0.2) is 0 Å². The Hall–Kier alpha value is -0.520. The van der Waals surface area contributed by atoms with Crippen LogP contribution in [0.15, 0.2) is 24.3 Å². The van der Waals surface area contributed by atoms with Gasteiger partial charge in [0.05, 0.1) is 0 Å². The van der Waals surface area contributed by atoms with Crippen molar-refractivity contribution >= 4 is 0 Å². The molecule has 0 heteroatoms. The van der Waals surface area contributed by atoms with E-state index in [0.717, 1.165) is 5.57 Å². The van der Waals surface area contributed by atoms with Crippen molar-refractivity contribution < 1.29 is 0 Å². The maximum Gasteiger partial charge on any atom is -0.00596 e. The molecule has 0 atom stereocenters. The van der Waals surface area contributed by atoms with Crippen LogP contribution in [-0.2, 0) is 0 Å². The second-order valence-electron chi connectivity index (χ2n) is 1.15. The lowest BCUT2D eigenvalue weighted by Crippen LogP contribution is -1.55. The molecule has 0 fully saturated rings. The van der Waals surface area contributed by atoms with Gasteiger partial charge in [-0.05, 0) is 13.8 Å². The van der Waals surface area contributed by atoms with Crippen molar-refractivity contribution in [2.45, 2.75) is 6.92 Å². The summed E-state index contributed by atoms with van der Waals surface area (Å²) < 4.78 is 0. The van der Waals surface area contributed by atoms with Gasteiger partial charge >= 0.3 is 0 Å². The van der Waals surface area contributed by atoms with E-state index in [0.29, 0.717) is 0 Å². The predicted molar refractivity (Wildman–Crippen MR) is 28.3 cm³/mol. The lowest BCUT2D eigenvalue weighted by Gasteiger charge is -1.75. The van der Waals surface area contributed by atoms with Gasteiger partial charge in [0.25, 0.3) is 0 Å². The fourth-order valence-electron chi connectivity index (χ4n) is 0.186. The first-order chi connectivity index (χ1) is 2.77. The molecule has 0 aliphatic heterocycles. The van der Waals surface area contributed by atoms with E-state index in [2.05, 4.69) is 6.58 Å². The van der Waals surface area contributed by atoms with Gasteiger partial charge in [-0.3, -0.25) is 0 Å². The van der Waals surface area contributed by atoms with Crippen LogP contribution in [0.3, 0.4) is 0 Å². The lowest BCUT2D eigenvalue weighted by molar-refractivity contribution is 1.54. The molecule has 2 radical (unpaired) electrons. The third kappa shape index (κ3) is 3.48. The molecular formula is C6H8. The Morgan fingerprint density at radius 2 is 2.33 bits per heavy atom. The number of allylic oxidation sites excluding steroid dienone is 3. The second kappa shape index (κ2) is 2.70. The molecule has 0 aliphatic rings. The van der Waals surface area contributed by atoms with Crippen LogP contribution in [0.5, 0.6) is 0 Å². The molecule has 0 amide bonds. The van der Waals surface area contributed by atoms with Crippen LogP contribution in [0, 0.1) is 6.92 Å². The lowest BCUT2D eigenvalue weighted by atomic mass is 10.3. The molecule has 0 nitrogen and oxygen atoms in total. The average molecular weight is 80.1 g/mol. The van der Waals surface area contributed by atoms with Crippen molar-refractivity contribution in [1.29, 1.82) is 0 Å². The summed E-state index contributed by atoms with van der Waals surface area (Å²) in [5.74, 6) is 0. The van der Waals surface area contributed by atoms with Gasteiger partial charge in [0, 0.05) is 0 Å². The van der Waals surface area contributed by atoms with E-state index < -0.39 is 0 Å². The molecule has 0 spiro atoms. The number of rotatable bonds is 1. The largest absolute Gasteiger partial charge is 0.0991 e. The predicted octanol–water partition coefficient (Wildman–Crippen LogP) is 1.83. The minimum atomic E-state index is 0.796. The summed E-state index contributed by atoms with van der Waals surface area (Å²) in [6.07, 6.45) is 3.41. The molecule has 0 saturated carbocycles. The molecule has 32 valence electrons. The van der Waals surface area contributed by atoms with Crippen LogP contribution in [0.1, 0.15) is 6.92 Å². The summed E-state index contributed by atoms with van der Waals surface area (Å²) in [4.78, 5) is 0. The molecule has 0 N–H and O–H groups in total. The molecule has 0 aromatic rings. The van der Waals surface area contributed by atoms with Gasteiger partial charge in [0.2, 0.25) is 0 Å². The molecule has 0 aromatic heterocycles. The van der Waals surface area contributed by atoms with Gasteiger partial charge in [-0.15, -0.1) is 0 Å². The standard InChI is InChI=1S/C6H8/c1-4-5-6(2)3/h2,4-5H,1H2,3H3/b6-5+. The highest BCUT2D eigenvalue weighted by molar-refractivity contribution is 5.09. The molecule has 0 saturated heterocycles. The summed E-state index contributed by atoms with van der Waals surface area (Å²) in [5.41, 5.74) is 0.796. The Balaban J connectivity index is 3.41. The Labute approximate surface area is 39.2 Å². The summed E-state index contributed by atoms with van der Waals surface area (Å²) in [6, 6.07) is 0. The van der Waals surface area contributed by atoms with Crippen LogP contribution in [0.4, 0.5) is 0 Å². The topological polar surface area (TPSA) is 0 Å². The quantitative estimate of drug-likeness (QED) is 0.421. The van der Waals surface area contributed by atoms with Crippen molar-refractivity contribution in [3.05, 3.63) is 31.2 Å². The van der Waals surface area contributed by atoms with Gasteiger partial charge in [0.15, 0.2) is 0 Å². The maximum atomic E-state index is 5.19. The molecule has 0 heterocycles. The first-order valence-corrected chi connectivity index (χ1v) is 1.82. The average Bonchev–Trinajstić information content (AvgIpc) is 1.35. The van der Waals surface area contributed by atoms with Crippen molar-refractivity contribution in [3.63, 3.8) is 0 Å².